The molecule has 0 aliphatic carbocycles. The average molecular weight is 630 g/mol. The second-order valence-corrected chi connectivity index (χ2v) is 11.2. The van der Waals surface area contributed by atoms with Gasteiger partial charge < -0.3 is 53.0 Å². The highest BCUT2D eigenvalue weighted by molar-refractivity contribution is 7.50. The van der Waals surface area contributed by atoms with Crippen LogP contribution in [-0.2, 0) is 37.7 Å². The minimum absolute atomic E-state index is 0.0504. The third-order valence-electron chi connectivity index (χ3n) is 5.64. The van der Waals surface area contributed by atoms with Crippen molar-refractivity contribution in [3.63, 3.8) is 0 Å². The van der Waals surface area contributed by atoms with E-state index in [1.807, 2.05) is 0 Å². The van der Waals surface area contributed by atoms with Gasteiger partial charge >= 0.3 is 0 Å². The van der Waals surface area contributed by atoms with Crippen LogP contribution in [0, 0.1) is 0 Å². The van der Waals surface area contributed by atoms with Crippen LogP contribution in [0.5, 0.6) is 0 Å². The summed E-state index contributed by atoms with van der Waals surface area (Å²) in [5, 5.41) is 16.6. The molecule has 0 aromatic carbocycles. The summed E-state index contributed by atoms with van der Waals surface area (Å²) in [7, 11) is 6.53. The monoisotopic (exact) mass is 629 g/mol. The molecule has 13 heteroatoms. The van der Waals surface area contributed by atoms with Crippen LogP contribution in [0.4, 0.5) is 0 Å². The molecule has 2 heterocycles. The van der Waals surface area contributed by atoms with Crippen LogP contribution in [0.15, 0.2) is 0 Å². The summed E-state index contributed by atoms with van der Waals surface area (Å²) in [5.74, 6) is 0. The molecule has 3 N–H and O–H groups in total. The van der Waals surface area contributed by atoms with Crippen LogP contribution in [0.25, 0.3) is 0 Å². The van der Waals surface area contributed by atoms with Gasteiger partial charge in [-0.3, -0.25) is 4.67 Å². The fourth-order valence-corrected chi connectivity index (χ4v) is 6.26. The maximum Gasteiger partial charge on any atom is 0.210 e. The largest absolute Gasteiger partial charge is 0.400 e. The van der Waals surface area contributed by atoms with Gasteiger partial charge in [0.15, 0.2) is 0 Å². The number of aliphatic hydroxyl groups excluding tert-OH is 3. The van der Waals surface area contributed by atoms with E-state index in [-0.39, 0.29) is 13.8 Å². The number of methoxy groups -OCH3 is 3. The summed E-state index contributed by atoms with van der Waals surface area (Å²) < 4.78 is 87.7. The van der Waals surface area contributed by atoms with E-state index in [4.69, 9.17) is 46.0 Å². The van der Waals surface area contributed by atoms with Crippen molar-refractivity contribution in [3.8, 4) is 0 Å². The van der Waals surface area contributed by atoms with Crippen LogP contribution >= 0.6 is 8.30 Å². The van der Waals surface area contributed by atoms with Crippen LogP contribution in [0.1, 0.15) is 53.4 Å². The minimum Gasteiger partial charge on any atom is -0.400 e. The van der Waals surface area contributed by atoms with E-state index in [9.17, 15) is 5.11 Å². The van der Waals surface area contributed by atoms with Crippen LogP contribution < -0.4 is 0 Å². The maximum atomic E-state index is 9.59. The molecule has 12 nitrogen and oxygen atoms in total. The van der Waals surface area contributed by atoms with Crippen molar-refractivity contribution < 1.29 is 58.5 Å². The Morgan fingerprint density at radius 2 is 1.37 bits per heavy atom. The van der Waals surface area contributed by atoms with Crippen molar-refractivity contribution in [1.29, 1.82) is 2.86 Å². The average Bonchev–Trinajstić information content (AvgIpc) is 3.47. The summed E-state index contributed by atoms with van der Waals surface area (Å²) in [6.07, 6.45) is -1.77. The first-order valence-electron chi connectivity index (χ1n) is 17.1. The summed E-state index contributed by atoms with van der Waals surface area (Å²) in [5.41, 5.74) is 0. The van der Waals surface area contributed by atoms with E-state index in [0.29, 0.717) is 45.1 Å². The lowest BCUT2D eigenvalue weighted by molar-refractivity contribution is -0.0324. The lowest BCUT2D eigenvalue weighted by atomic mass is 10.2. The molecule has 0 bridgehead atoms. The molecule has 0 aromatic heterocycles. The summed E-state index contributed by atoms with van der Waals surface area (Å²) in [4.78, 5) is 0. The molecule has 1 unspecified atom stereocenters. The Morgan fingerprint density at radius 1 is 0.878 bits per heavy atom. The zero-order valence-corrected chi connectivity index (χ0v) is 27.5. The molecular formula is C28H62NO11P. The second kappa shape index (κ2) is 27.5. The van der Waals surface area contributed by atoms with Crippen LogP contribution in [0.2, 0.25) is 0 Å². The van der Waals surface area contributed by atoms with Gasteiger partial charge in [-0.25, -0.2) is 0 Å². The summed E-state index contributed by atoms with van der Waals surface area (Å²) in [6.45, 7) is 9.18. The quantitative estimate of drug-likeness (QED) is 0.161. The number of rotatable bonds is 17. The molecular weight excluding hydrogens is 557 g/mol. The van der Waals surface area contributed by atoms with Gasteiger partial charge in [-0.2, -0.15) is 0 Å². The highest BCUT2D eigenvalue weighted by Gasteiger charge is 2.40. The van der Waals surface area contributed by atoms with Gasteiger partial charge in [-0.1, -0.05) is 0 Å². The van der Waals surface area contributed by atoms with Crippen molar-refractivity contribution in [1.82, 2.24) is 4.67 Å². The van der Waals surface area contributed by atoms with E-state index in [0.717, 1.165) is 12.6 Å². The van der Waals surface area contributed by atoms with Crippen molar-refractivity contribution in [2.75, 3.05) is 87.9 Å². The van der Waals surface area contributed by atoms with E-state index in [2.05, 4.69) is 42.6 Å². The first-order valence-corrected chi connectivity index (χ1v) is 15.1. The standard InChI is InChI=1S/C18H38NO5P.C8H16O4.2CH4O/c1-14(2)19(15(3)4)25(12-8-9-20-6)24-18-16(5)23-13-17(18)22-11-10-21-7;1-6-8(9)7(5-12-6)11-4-3-10-2;2*1-2/h14-18H,8-13H2,1-7H3;6-9H,3-5H2,1-2H3;2*2H,1H3/t16-,17+,18-,25?;6-,7+,8-;;/m11../s1/i5D,13T;1D,5T;2*2T/t13-,16-,17+,18-,25?;5-,6-,7+,8-;;. The van der Waals surface area contributed by atoms with Gasteiger partial charge in [0.05, 0.1) is 54.5 Å². The number of aliphatic hydroxyl groups is 3. The van der Waals surface area contributed by atoms with Crippen molar-refractivity contribution >= 4 is 8.30 Å². The molecule has 41 heavy (non-hydrogen) atoms. The van der Waals surface area contributed by atoms with E-state index in [1.165, 1.54) is 14.2 Å². The Labute approximate surface area is 259 Å². The lowest BCUT2D eigenvalue weighted by Crippen LogP contribution is -2.39. The van der Waals surface area contributed by atoms with Crippen molar-refractivity contribution in [2.45, 2.75) is 96.6 Å². The van der Waals surface area contributed by atoms with E-state index in [1.54, 1.807) is 21.3 Å². The fourth-order valence-electron chi connectivity index (χ4n) is 3.85. The Hall–Kier alpha value is -0.0500. The highest BCUT2D eigenvalue weighted by Crippen LogP contribution is 2.48. The van der Waals surface area contributed by atoms with Gasteiger partial charge in [0.25, 0.3) is 0 Å². The molecule has 2 fully saturated rings. The minimum atomic E-state index is -0.927. The Kier molecular flexibility index (Phi) is 21.7. The Bertz CT molecular complexity index is 695. The molecule has 2 aliphatic rings. The van der Waals surface area contributed by atoms with E-state index < -0.39 is 58.1 Å². The molecule has 2 saturated heterocycles. The Morgan fingerprint density at radius 3 is 1.83 bits per heavy atom. The van der Waals surface area contributed by atoms with Crippen molar-refractivity contribution in [2.24, 2.45) is 0 Å². The zero-order chi connectivity index (χ0) is 36.4. The number of ether oxygens (including phenoxy) is 7. The number of nitrogens with zero attached hydrogens (tertiary/aromatic N) is 1. The van der Waals surface area contributed by atoms with Gasteiger partial charge in [-0.05, 0) is 47.9 Å². The van der Waals surface area contributed by atoms with Gasteiger partial charge in [0.2, 0.25) is 2.86 Å². The third kappa shape index (κ3) is 17.7. The smallest absolute Gasteiger partial charge is 0.210 e. The Balaban J connectivity index is 0. The molecule has 0 amide bonds. The number of hydrogen-bond donors (Lipinski definition) is 3. The van der Waals surface area contributed by atoms with Gasteiger partial charge in [0.1, 0.15) is 32.7 Å². The topological polar surface area (TPSA) is 138 Å². The lowest BCUT2D eigenvalue weighted by Gasteiger charge is -2.39. The number of hydrogen-bond acceptors (Lipinski definition) is 12. The molecule has 0 saturated carbocycles. The van der Waals surface area contributed by atoms with E-state index >= 15 is 0 Å². The molecule has 9 atom stereocenters. The molecule has 0 spiro atoms. The summed E-state index contributed by atoms with van der Waals surface area (Å²) in [6, 6.07) is 0.658. The SMILES string of the molecule is [2H]C[C@H]1O[C@H]([3H])[C@H](OCCOC)[C@@H]1O.[2H]C[C@H]1O[C@H]([3H])[C@H](OCCOC)[C@@H]1OP(CCCOC)N(C(C)C)C(C)C.[3H]OC.[3H]OC. The normalized spacial score (nSPS) is 31.8. The van der Waals surface area contributed by atoms with Crippen molar-refractivity contribution in [3.05, 3.63) is 0 Å². The van der Waals surface area contributed by atoms with Gasteiger partial charge in [0, 0.05) is 63.1 Å². The maximum absolute atomic E-state index is 9.59. The zero-order valence-electron chi connectivity index (χ0n) is 32.6. The van der Waals surface area contributed by atoms with Crippen LogP contribution in [0.3, 0.4) is 0 Å². The molecule has 0 aromatic rings. The molecule has 2 aliphatic heterocycles. The highest BCUT2D eigenvalue weighted by atomic mass is 31.2. The molecule has 250 valence electrons. The third-order valence-corrected chi connectivity index (χ3v) is 8.26. The first-order chi connectivity index (χ1) is 22.4. The fraction of sp³-hybridized carbons (Fsp3) is 1.00. The molecule has 0 radical (unpaired) electrons. The second-order valence-electron chi connectivity index (χ2n) is 9.33. The first kappa shape index (κ1) is 32.3. The predicted octanol–water partition coefficient (Wildman–Crippen LogP) is 2.30. The molecule has 2 rings (SSSR count). The summed E-state index contributed by atoms with van der Waals surface area (Å²) >= 11 is 0. The van der Waals surface area contributed by atoms with Gasteiger partial charge in [-0.15, -0.1) is 0 Å². The van der Waals surface area contributed by atoms with Crippen LogP contribution in [-0.4, -0.2) is 159 Å². The predicted molar refractivity (Wildman–Crippen MR) is 162 cm³/mol.